The molecule has 0 atom stereocenters. The van der Waals surface area contributed by atoms with Gasteiger partial charge >= 0.3 is 357 Å². The number of fused-ring (bicyclic) bond motifs is 3. The monoisotopic (exact) mass is 843 g/mol. The molecule has 0 aliphatic rings. The predicted octanol–water partition coefficient (Wildman–Crippen LogP) is 14.6. The van der Waals surface area contributed by atoms with Gasteiger partial charge in [0.1, 0.15) is 0 Å². The molecule has 286 valence electrons. The molecule has 0 radical (unpaired) electrons. The van der Waals surface area contributed by atoms with Crippen molar-refractivity contribution in [3.8, 4) is 89.3 Å². The van der Waals surface area contributed by atoms with Crippen LogP contribution in [0, 0.1) is 0 Å². The summed E-state index contributed by atoms with van der Waals surface area (Å²) in [5.41, 5.74) is 16.8. The van der Waals surface area contributed by atoms with Crippen molar-refractivity contribution in [2.75, 3.05) is 0 Å². The van der Waals surface area contributed by atoms with Gasteiger partial charge in [-0.15, -0.1) is 0 Å². The van der Waals surface area contributed by atoms with Gasteiger partial charge < -0.3 is 0 Å². The van der Waals surface area contributed by atoms with Crippen molar-refractivity contribution in [3.63, 3.8) is 0 Å². The van der Waals surface area contributed by atoms with Crippen LogP contribution < -0.4 is 0 Å². The first-order valence-corrected chi connectivity index (χ1v) is 22.2. The minimum atomic E-state index is 0.136. The SMILES string of the molecule is c1ccc(-c2ccccc2-c2c(-c3ccccc3)nnnc2-c2c(-c3ccccc3)ccc(-c3ccccc3)c2-c2c(-c3ccccc3)ccc3[se]c4ccccc4c23)cc1. The maximum absolute atomic E-state index is 5.24. The Balaban J connectivity index is 1.39. The van der Waals surface area contributed by atoms with Crippen molar-refractivity contribution in [1.82, 2.24) is 15.4 Å². The molecule has 0 aliphatic heterocycles. The summed E-state index contributed by atoms with van der Waals surface area (Å²) in [6.45, 7) is 0. The van der Waals surface area contributed by atoms with E-state index in [1.54, 1.807) is 0 Å². The summed E-state index contributed by atoms with van der Waals surface area (Å²) in [6.07, 6.45) is 0. The van der Waals surface area contributed by atoms with Crippen LogP contribution in [0.5, 0.6) is 0 Å². The summed E-state index contributed by atoms with van der Waals surface area (Å²) >= 11 is 0.136. The fourth-order valence-electron chi connectivity index (χ4n) is 8.88. The summed E-state index contributed by atoms with van der Waals surface area (Å²) in [6, 6.07) is 80.4. The van der Waals surface area contributed by atoms with Gasteiger partial charge in [-0.1, -0.05) is 6.07 Å². The second-order valence-electron chi connectivity index (χ2n) is 15.1. The van der Waals surface area contributed by atoms with Gasteiger partial charge in [0, 0.05) is 0 Å². The molecular formula is C57H37N3Se. The molecule has 0 amide bonds. The van der Waals surface area contributed by atoms with Crippen LogP contribution in [-0.4, -0.2) is 29.9 Å². The standard InChI is InChI=1S/C57H37N3Se/c1-6-20-38(21-7-1)43-30-16-17-31-47(43)55-56(42-28-14-5-15-29-42)58-60-59-57(55)54-46(41-26-12-4-13-27-41)35-34-44(39-22-8-2-9-23-39)53(54)52-45(40-24-10-3-11-25-40)36-37-50-51(52)48-32-18-19-33-49(48)61-50/h1-37H. The number of rotatable bonds is 8. The Morgan fingerprint density at radius 1 is 0.262 bits per heavy atom. The van der Waals surface area contributed by atoms with E-state index < -0.39 is 0 Å². The molecular weight excluding hydrogens is 806 g/mol. The van der Waals surface area contributed by atoms with E-state index in [4.69, 9.17) is 15.4 Å². The molecule has 11 rings (SSSR count). The van der Waals surface area contributed by atoms with E-state index in [0.717, 1.165) is 78.1 Å². The second kappa shape index (κ2) is 15.9. The molecule has 11 aromatic rings. The molecule has 0 fully saturated rings. The Morgan fingerprint density at radius 3 is 1.28 bits per heavy atom. The molecule has 9 aromatic carbocycles. The molecule has 0 spiro atoms. The van der Waals surface area contributed by atoms with Gasteiger partial charge in [-0.3, -0.25) is 0 Å². The molecule has 3 nitrogen and oxygen atoms in total. The van der Waals surface area contributed by atoms with Crippen LogP contribution in [0.25, 0.3) is 109 Å². The number of hydrogen-bond donors (Lipinski definition) is 0. The molecule has 0 N–H and O–H groups in total. The zero-order valence-electron chi connectivity index (χ0n) is 33.1. The summed E-state index contributed by atoms with van der Waals surface area (Å²) in [5.74, 6) is 0. The Labute approximate surface area is 361 Å². The third-order valence-electron chi connectivity index (χ3n) is 11.6. The number of benzene rings is 9. The normalized spacial score (nSPS) is 11.3. The van der Waals surface area contributed by atoms with Gasteiger partial charge in [-0.05, 0) is 0 Å². The third kappa shape index (κ3) is 6.60. The van der Waals surface area contributed by atoms with Crippen LogP contribution in [0.1, 0.15) is 0 Å². The van der Waals surface area contributed by atoms with E-state index in [1.165, 1.54) is 30.4 Å². The van der Waals surface area contributed by atoms with E-state index in [1.807, 2.05) is 6.07 Å². The average molecular weight is 843 g/mol. The van der Waals surface area contributed by atoms with Crippen LogP contribution in [0.15, 0.2) is 224 Å². The van der Waals surface area contributed by atoms with Crippen molar-refractivity contribution in [3.05, 3.63) is 224 Å². The summed E-state index contributed by atoms with van der Waals surface area (Å²) in [5, 5.41) is 17.4. The van der Waals surface area contributed by atoms with Crippen molar-refractivity contribution in [2.45, 2.75) is 0 Å². The Bertz CT molecular complexity index is 3330. The molecule has 61 heavy (non-hydrogen) atoms. The molecule has 0 saturated carbocycles. The third-order valence-corrected chi connectivity index (χ3v) is 14.0. The summed E-state index contributed by atoms with van der Waals surface area (Å²) in [4.78, 5) is 0. The number of aromatic nitrogens is 3. The van der Waals surface area contributed by atoms with Gasteiger partial charge in [0.05, 0.1) is 0 Å². The fourth-order valence-corrected chi connectivity index (χ4v) is 11.2. The predicted molar refractivity (Wildman–Crippen MR) is 255 cm³/mol. The van der Waals surface area contributed by atoms with Crippen LogP contribution in [0.3, 0.4) is 0 Å². The Kier molecular flexibility index (Phi) is 9.55. The van der Waals surface area contributed by atoms with Gasteiger partial charge in [0.25, 0.3) is 0 Å². The second-order valence-corrected chi connectivity index (χ2v) is 17.4. The molecule has 0 aliphatic carbocycles. The zero-order valence-corrected chi connectivity index (χ0v) is 34.8. The van der Waals surface area contributed by atoms with E-state index in [-0.39, 0.29) is 14.5 Å². The quantitative estimate of drug-likeness (QED) is 0.143. The van der Waals surface area contributed by atoms with Gasteiger partial charge in [0.2, 0.25) is 0 Å². The first-order valence-electron chi connectivity index (χ1n) is 20.5. The van der Waals surface area contributed by atoms with Crippen LogP contribution in [0.4, 0.5) is 0 Å². The summed E-state index contributed by atoms with van der Waals surface area (Å²) < 4.78 is 2.77. The van der Waals surface area contributed by atoms with Crippen LogP contribution >= 0.6 is 0 Å². The van der Waals surface area contributed by atoms with Crippen molar-refractivity contribution in [1.29, 1.82) is 0 Å². The molecule has 0 bridgehead atoms. The molecule has 0 saturated heterocycles. The van der Waals surface area contributed by atoms with Crippen LogP contribution in [0.2, 0.25) is 0 Å². The maximum atomic E-state index is 5.24. The van der Waals surface area contributed by atoms with Gasteiger partial charge in [0.15, 0.2) is 0 Å². The average Bonchev–Trinajstić information content (AvgIpc) is 3.73. The first-order chi connectivity index (χ1) is 30.3. The Hall–Kier alpha value is -7.49. The van der Waals surface area contributed by atoms with Gasteiger partial charge in [-0.2, -0.15) is 0 Å². The fraction of sp³-hybridized carbons (Fsp3) is 0. The van der Waals surface area contributed by atoms with Crippen molar-refractivity contribution < 1.29 is 0 Å². The number of nitrogens with zero attached hydrogens (tertiary/aromatic N) is 3. The number of hydrogen-bond acceptors (Lipinski definition) is 3. The molecule has 2 heterocycles. The van der Waals surface area contributed by atoms with Gasteiger partial charge in [-0.25, -0.2) is 0 Å². The topological polar surface area (TPSA) is 38.7 Å². The van der Waals surface area contributed by atoms with E-state index in [0.29, 0.717) is 0 Å². The zero-order chi connectivity index (χ0) is 40.5. The first kappa shape index (κ1) is 36.6. The molecule has 4 heteroatoms. The van der Waals surface area contributed by atoms with E-state index in [2.05, 4.69) is 218 Å². The van der Waals surface area contributed by atoms with Crippen molar-refractivity contribution in [2.24, 2.45) is 0 Å². The minimum absolute atomic E-state index is 0.136. The van der Waals surface area contributed by atoms with Crippen LogP contribution in [-0.2, 0) is 0 Å². The summed E-state index contributed by atoms with van der Waals surface area (Å²) in [7, 11) is 0. The Morgan fingerprint density at radius 2 is 0.689 bits per heavy atom. The van der Waals surface area contributed by atoms with E-state index >= 15 is 0 Å². The van der Waals surface area contributed by atoms with E-state index in [9.17, 15) is 0 Å². The molecule has 0 unspecified atom stereocenters. The molecule has 2 aromatic heterocycles. The van der Waals surface area contributed by atoms with Crippen molar-refractivity contribution >= 4 is 33.8 Å².